The Morgan fingerprint density at radius 3 is 2.62 bits per heavy atom. The first-order chi connectivity index (χ1) is 15.3. The van der Waals surface area contributed by atoms with Crippen LogP contribution in [0.1, 0.15) is 76.5 Å². The molecule has 1 aliphatic carbocycles. The van der Waals surface area contributed by atoms with Gasteiger partial charge in [0.15, 0.2) is 0 Å². The summed E-state index contributed by atoms with van der Waals surface area (Å²) in [6.07, 6.45) is 5.03. The van der Waals surface area contributed by atoms with Crippen molar-refractivity contribution in [3.05, 3.63) is 53.6 Å². The van der Waals surface area contributed by atoms with Gasteiger partial charge < -0.3 is 14.6 Å². The minimum absolute atomic E-state index is 0.235. The summed E-state index contributed by atoms with van der Waals surface area (Å²) in [6.45, 7) is 9.15. The third kappa shape index (κ3) is 4.82. The molecule has 5 nitrogen and oxygen atoms in total. The number of rotatable bonds is 6. The van der Waals surface area contributed by atoms with Crippen LogP contribution in [0.15, 0.2) is 42.5 Å². The van der Waals surface area contributed by atoms with Crippen molar-refractivity contribution in [2.24, 2.45) is 5.41 Å². The fourth-order valence-electron chi connectivity index (χ4n) is 4.91. The lowest BCUT2D eigenvalue weighted by Gasteiger charge is -2.36. The number of ether oxygens (including phenoxy) is 1. The summed E-state index contributed by atoms with van der Waals surface area (Å²) in [5.41, 5.74) is 5.63. The van der Waals surface area contributed by atoms with Gasteiger partial charge in [-0.2, -0.15) is 0 Å². The molecule has 1 unspecified atom stereocenters. The van der Waals surface area contributed by atoms with Crippen LogP contribution in [-0.4, -0.2) is 22.6 Å². The lowest BCUT2D eigenvalue weighted by molar-refractivity contribution is -0.139. The van der Waals surface area contributed by atoms with Crippen LogP contribution in [0, 0.1) is 5.41 Å². The SMILES string of the molecule is COC(=O)Cc1ccc2c(c1)nc(Nc1ccc(C(C)C)cc1)n2C1CCCC(C)(C)C1. The minimum Gasteiger partial charge on any atom is -0.469 e. The molecule has 1 N–H and O–H groups in total. The van der Waals surface area contributed by atoms with Gasteiger partial charge in [-0.1, -0.05) is 52.3 Å². The van der Waals surface area contributed by atoms with Crippen molar-refractivity contribution >= 4 is 28.6 Å². The zero-order valence-corrected chi connectivity index (χ0v) is 19.9. The monoisotopic (exact) mass is 433 g/mol. The molecular formula is C27H35N3O2. The Labute approximate surface area is 191 Å². The van der Waals surface area contributed by atoms with E-state index in [9.17, 15) is 4.79 Å². The first-order valence-electron chi connectivity index (χ1n) is 11.7. The minimum atomic E-state index is -0.235. The average Bonchev–Trinajstić information content (AvgIpc) is 3.10. The standard InChI is InChI=1S/C27H35N3O2/c1-18(2)20-9-11-21(12-10-20)28-26-29-23-15-19(16-25(31)32-5)8-13-24(23)30(26)22-7-6-14-27(3,4)17-22/h8-13,15,18,22H,6-7,14,16-17H2,1-5H3,(H,28,29). The summed E-state index contributed by atoms with van der Waals surface area (Å²) in [4.78, 5) is 16.7. The third-order valence-electron chi connectivity index (χ3n) is 6.71. The Morgan fingerprint density at radius 1 is 1.22 bits per heavy atom. The lowest BCUT2D eigenvalue weighted by atomic mass is 9.75. The van der Waals surface area contributed by atoms with E-state index in [0.717, 1.165) is 41.1 Å². The van der Waals surface area contributed by atoms with Crippen LogP contribution in [0.3, 0.4) is 0 Å². The van der Waals surface area contributed by atoms with Gasteiger partial charge >= 0.3 is 5.97 Å². The molecule has 2 aromatic carbocycles. The van der Waals surface area contributed by atoms with Gasteiger partial charge in [-0.05, 0) is 66.0 Å². The summed E-state index contributed by atoms with van der Waals surface area (Å²) in [7, 11) is 1.42. The van der Waals surface area contributed by atoms with Crippen LogP contribution in [0.5, 0.6) is 0 Å². The van der Waals surface area contributed by atoms with Crippen molar-refractivity contribution in [1.29, 1.82) is 0 Å². The summed E-state index contributed by atoms with van der Waals surface area (Å²) >= 11 is 0. The molecule has 4 rings (SSSR count). The molecule has 1 saturated carbocycles. The van der Waals surface area contributed by atoms with E-state index in [1.54, 1.807) is 0 Å². The van der Waals surface area contributed by atoms with E-state index in [0.29, 0.717) is 17.4 Å². The number of aromatic nitrogens is 2. The summed E-state index contributed by atoms with van der Waals surface area (Å²) in [5, 5.41) is 3.58. The smallest absolute Gasteiger partial charge is 0.309 e. The fourth-order valence-corrected chi connectivity index (χ4v) is 4.91. The highest BCUT2D eigenvalue weighted by atomic mass is 16.5. The van der Waals surface area contributed by atoms with Gasteiger partial charge in [0, 0.05) is 11.7 Å². The third-order valence-corrected chi connectivity index (χ3v) is 6.71. The summed E-state index contributed by atoms with van der Waals surface area (Å²) < 4.78 is 7.23. The number of benzene rings is 2. The molecule has 5 heteroatoms. The lowest BCUT2D eigenvalue weighted by Crippen LogP contribution is -2.25. The molecule has 0 amide bonds. The zero-order chi connectivity index (χ0) is 22.9. The van der Waals surface area contributed by atoms with E-state index in [1.165, 1.54) is 25.5 Å². The molecule has 1 fully saturated rings. The van der Waals surface area contributed by atoms with Crippen LogP contribution in [0.4, 0.5) is 11.6 Å². The Hall–Kier alpha value is -2.82. The van der Waals surface area contributed by atoms with E-state index in [-0.39, 0.29) is 12.4 Å². The van der Waals surface area contributed by atoms with E-state index in [4.69, 9.17) is 9.72 Å². The number of carbonyl (C=O) groups is 1. The van der Waals surface area contributed by atoms with E-state index in [1.807, 2.05) is 12.1 Å². The molecule has 1 atom stereocenters. The molecule has 0 saturated heterocycles. The second-order valence-electron chi connectivity index (χ2n) is 10.2. The van der Waals surface area contributed by atoms with Gasteiger partial charge in [-0.25, -0.2) is 4.98 Å². The van der Waals surface area contributed by atoms with Gasteiger partial charge in [0.05, 0.1) is 24.6 Å². The number of hydrogen-bond acceptors (Lipinski definition) is 4. The molecule has 0 spiro atoms. The normalized spacial score (nSPS) is 18.1. The molecule has 0 aliphatic heterocycles. The van der Waals surface area contributed by atoms with Crippen LogP contribution >= 0.6 is 0 Å². The molecule has 1 aromatic heterocycles. The van der Waals surface area contributed by atoms with Crippen LogP contribution < -0.4 is 5.32 Å². The van der Waals surface area contributed by atoms with Crippen LogP contribution in [0.25, 0.3) is 11.0 Å². The first kappa shape index (κ1) is 22.4. The maximum absolute atomic E-state index is 11.8. The molecule has 1 heterocycles. The van der Waals surface area contributed by atoms with Crippen molar-refractivity contribution in [2.45, 2.75) is 71.8 Å². The number of fused-ring (bicyclic) bond motifs is 1. The number of nitrogens with zero attached hydrogens (tertiary/aromatic N) is 2. The highest BCUT2D eigenvalue weighted by Crippen LogP contribution is 2.43. The Bertz CT molecular complexity index is 1100. The number of esters is 1. The number of anilines is 2. The quantitative estimate of drug-likeness (QED) is 0.436. The van der Waals surface area contributed by atoms with Crippen molar-refractivity contribution in [3.8, 4) is 0 Å². The largest absolute Gasteiger partial charge is 0.469 e. The Kier molecular flexibility index (Phi) is 6.27. The molecular weight excluding hydrogens is 398 g/mol. The van der Waals surface area contributed by atoms with Crippen molar-refractivity contribution in [2.75, 3.05) is 12.4 Å². The number of methoxy groups -OCH3 is 1. The van der Waals surface area contributed by atoms with Crippen LogP contribution in [-0.2, 0) is 16.0 Å². The predicted molar refractivity (Wildman–Crippen MR) is 131 cm³/mol. The molecule has 170 valence electrons. The average molecular weight is 434 g/mol. The van der Waals surface area contributed by atoms with E-state index >= 15 is 0 Å². The van der Waals surface area contributed by atoms with Gasteiger partial charge in [-0.3, -0.25) is 4.79 Å². The van der Waals surface area contributed by atoms with Gasteiger partial charge in [0.25, 0.3) is 0 Å². The maximum atomic E-state index is 11.8. The zero-order valence-electron chi connectivity index (χ0n) is 19.9. The highest BCUT2D eigenvalue weighted by Gasteiger charge is 2.31. The topological polar surface area (TPSA) is 56.1 Å². The number of carbonyl (C=O) groups excluding carboxylic acids is 1. The summed E-state index contributed by atoms with van der Waals surface area (Å²) in [5.74, 6) is 1.14. The molecule has 1 aliphatic rings. The van der Waals surface area contributed by atoms with Crippen molar-refractivity contribution in [1.82, 2.24) is 9.55 Å². The molecule has 32 heavy (non-hydrogen) atoms. The van der Waals surface area contributed by atoms with E-state index < -0.39 is 0 Å². The summed E-state index contributed by atoms with van der Waals surface area (Å²) in [6, 6.07) is 15.2. The maximum Gasteiger partial charge on any atom is 0.309 e. The predicted octanol–water partition coefficient (Wildman–Crippen LogP) is 6.76. The highest BCUT2D eigenvalue weighted by molar-refractivity contribution is 5.82. The van der Waals surface area contributed by atoms with Gasteiger partial charge in [0.1, 0.15) is 0 Å². The molecule has 3 aromatic rings. The number of imidazole rings is 1. The Morgan fingerprint density at radius 2 is 1.97 bits per heavy atom. The second-order valence-corrected chi connectivity index (χ2v) is 10.2. The van der Waals surface area contributed by atoms with Crippen molar-refractivity contribution < 1.29 is 9.53 Å². The fraction of sp³-hybridized carbons (Fsp3) is 0.481. The van der Waals surface area contributed by atoms with Gasteiger partial charge in [-0.15, -0.1) is 0 Å². The number of hydrogen-bond donors (Lipinski definition) is 1. The Balaban J connectivity index is 1.73. The molecule has 0 bridgehead atoms. The van der Waals surface area contributed by atoms with E-state index in [2.05, 4.69) is 67.9 Å². The van der Waals surface area contributed by atoms with Gasteiger partial charge in [0.2, 0.25) is 5.95 Å². The molecule has 0 radical (unpaired) electrons. The first-order valence-corrected chi connectivity index (χ1v) is 11.7. The van der Waals surface area contributed by atoms with Crippen molar-refractivity contribution in [3.63, 3.8) is 0 Å². The van der Waals surface area contributed by atoms with Crippen LogP contribution in [0.2, 0.25) is 0 Å². The second kappa shape index (κ2) is 8.97. The number of nitrogens with one attached hydrogen (secondary N) is 1.